The molecule has 1 saturated heterocycles. The monoisotopic (exact) mass is 281 g/mol. The number of thioether (sulfide) groups is 1. The highest BCUT2D eigenvalue weighted by molar-refractivity contribution is 8.26. The van der Waals surface area contributed by atoms with Crippen LogP contribution in [-0.2, 0) is 4.79 Å². The van der Waals surface area contributed by atoms with Gasteiger partial charge in [0.15, 0.2) is 0 Å². The van der Waals surface area contributed by atoms with Crippen LogP contribution in [0.4, 0.5) is 0 Å². The van der Waals surface area contributed by atoms with Crippen molar-refractivity contribution < 1.29 is 14.3 Å². The van der Waals surface area contributed by atoms with Gasteiger partial charge in [0.2, 0.25) is 0 Å². The molecule has 0 unspecified atom stereocenters. The Labute approximate surface area is 114 Å². The largest absolute Gasteiger partial charge is 0.497 e. The first-order valence-corrected chi connectivity index (χ1v) is 6.33. The highest BCUT2D eigenvalue weighted by atomic mass is 32.2. The number of methoxy groups -OCH3 is 2. The average Bonchev–Trinajstić information content (AvgIpc) is 2.68. The minimum atomic E-state index is -0.178. The molecule has 1 N–H and O–H groups in total. The van der Waals surface area contributed by atoms with Crippen LogP contribution in [0.3, 0.4) is 0 Å². The van der Waals surface area contributed by atoms with E-state index in [0.717, 1.165) is 5.56 Å². The summed E-state index contributed by atoms with van der Waals surface area (Å²) in [5.41, 5.74) is 0.806. The Kier molecular flexibility index (Phi) is 3.88. The van der Waals surface area contributed by atoms with Crippen LogP contribution in [0.1, 0.15) is 5.56 Å². The molecule has 0 atom stereocenters. The predicted molar refractivity (Wildman–Crippen MR) is 75.9 cm³/mol. The fourth-order valence-corrected chi connectivity index (χ4v) is 2.54. The van der Waals surface area contributed by atoms with Crippen molar-refractivity contribution in [2.45, 2.75) is 0 Å². The number of carbonyl (C=O) groups excluding carboxylic acids is 1. The maximum Gasteiger partial charge on any atom is 0.263 e. The quantitative estimate of drug-likeness (QED) is 0.680. The van der Waals surface area contributed by atoms with Crippen LogP contribution < -0.4 is 14.8 Å². The second-order valence-electron chi connectivity index (χ2n) is 3.46. The fourth-order valence-electron chi connectivity index (χ4n) is 1.50. The van der Waals surface area contributed by atoms with E-state index in [-0.39, 0.29) is 5.91 Å². The van der Waals surface area contributed by atoms with Gasteiger partial charge >= 0.3 is 0 Å². The normalized spacial score (nSPS) is 16.9. The SMILES string of the molecule is COc1ccc(/C=C2/SC(=S)NC2=O)c(OC)c1. The minimum Gasteiger partial charge on any atom is -0.497 e. The molecule has 1 heterocycles. The van der Waals surface area contributed by atoms with Crippen molar-refractivity contribution >= 4 is 40.3 Å². The number of benzene rings is 1. The minimum absolute atomic E-state index is 0.178. The van der Waals surface area contributed by atoms with Crippen molar-refractivity contribution in [1.29, 1.82) is 0 Å². The van der Waals surface area contributed by atoms with Crippen molar-refractivity contribution in [3.63, 3.8) is 0 Å². The van der Waals surface area contributed by atoms with Crippen LogP contribution in [0.15, 0.2) is 23.1 Å². The summed E-state index contributed by atoms with van der Waals surface area (Å²) in [6, 6.07) is 5.41. The van der Waals surface area contributed by atoms with Crippen LogP contribution in [0.25, 0.3) is 6.08 Å². The topological polar surface area (TPSA) is 47.6 Å². The molecule has 0 bridgehead atoms. The summed E-state index contributed by atoms with van der Waals surface area (Å²) in [7, 11) is 3.16. The van der Waals surface area contributed by atoms with Crippen molar-refractivity contribution in [1.82, 2.24) is 5.32 Å². The number of hydrogen-bond acceptors (Lipinski definition) is 5. The third-order valence-electron chi connectivity index (χ3n) is 2.37. The number of carbonyl (C=O) groups is 1. The van der Waals surface area contributed by atoms with Crippen molar-refractivity contribution in [2.24, 2.45) is 0 Å². The second kappa shape index (κ2) is 5.41. The number of ether oxygens (including phenoxy) is 2. The van der Waals surface area contributed by atoms with E-state index < -0.39 is 0 Å². The maximum absolute atomic E-state index is 11.6. The van der Waals surface area contributed by atoms with Gasteiger partial charge in [0.25, 0.3) is 5.91 Å². The fraction of sp³-hybridized carbons (Fsp3) is 0.167. The standard InChI is InChI=1S/C12H11NO3S2/c1-15-8-4-3-7(9(6-8)16-2)5-10-11(14)13-12(17)18-10/h3-6H,1-2H3,(H,13,14,17)/b10-5+. The Balaban J connectivity index is 2.37. The van der Waals surface area contributed by atoms with E-state index in [1.54, 1.807) is 26.4 Å². The van der Waals surface area contributed by atoms with E-state index in [2.05, 4.69) is 5.32 Å². The Morgan fingerprint density at radius 1 is 1.33 bits per heavy atom. The van der Waals surface area contributed by atoms with Crippen LogP contribution in [-0.4, -0.2) is 24.4 Å². The van der Waals surface area contributed by atoms with Gasteiger partial charge in [0.1, 0.15) is 15.8 Å². The smallest absolute Gasteiger partial charge is 0.263 e. The van der Waals surface area contributed by atoms with Crippen LogP contribution in [0.5, 0.6) is 11.5 Å². The maximum atomic E-state index is 11.6. The van der Waals surface area contributed by atoms with Crippen molar-refractivity contribution in [3.05, 3.63) is 28.7 Å². The van der Waals surface area contributed by atoms with E-state index in [1.807, 2.05) is 12.1 Å². The van der Waals surface area contributed by atoms with E-state index in [4.69, 9.17) is 21.7 Å². The summed E-state index contributed by atoms with van der Waals surface area (Å²) in [6.45, 7) is 0. The molecule has 1 fully saturated rings. The summed E-state index contributed by atoms with van der Waals surface area (Å²) in [5.74, 6) is 1.17. The van der Waals surface area contributed by atoms with Crippen molar-refractivity contribution in [2.75, 3.05) is 14.2 Å². The Morgan fingerprint density at radius 2 is 2.11 bits per heavy atom. The lowest BCUT2D eigenvalue weighted by molar-refractivity contribution is -0.115. The van der Waals surface area contributed by atoms with E-state index >= 15 is 0 Å². The summed E-state index contributed by atoms with van der Waals surface area (Å²) in [5, 5.41) is 2.57. The van der Waals surface area contributed by atoms with Crippen LogP contribution in [0.2, 0.25) is 0 Å². The predicted octanol–water partition coefficient (Wildman–Crippen LogP) is 2.19. The molecule has 0 aromatic heterocycles. The highest BCUT2D eigenvalue weighted by Crippen LogP contribution is 2.31. The first kappa shape index (κ1) is 12.9. The Bertz CT molecular complexity index is 540. The molecule has 1 aromatic carbocycles. The summed E-state index contributed by atoms with van der Waals surface area (Å²) in [6.07, 6.45) is 1.75. The number of amides is 1. The molecule has 0 aliphatic carbocycles. The molecule has 2 rings (SSSR count). The molecule has 0 radical (unpaired) electrons. The number of hydrogen-bond donors (Lipinski definition) is 1. The van der Waals surface area contributed by atoms with Crippen molar-refractivity contribution in [3.8, 4) is 11.5 Å². The van der Waals surface area contributed by atoms with Gasteiger partial charge in [-0.2, -0.15) is 0 Å². The highest BCUT2D eigenvalue weighted by Gasteiger charge is 2.22. The number of thiocarbonyl (C=S) groups is 1. The van der Waals surface area contributed by atoms with Gasteiger partial charge in [-0.05, 0) is 18.2 Å². The van der Waals surface area contributed by atoms with Gasteiger partial charge < -0.3 is 14.8 Å². The van der Waals surface area contributed by atoms with Gasteiger partial charge in [0.05, 0.1) is 19.1 Å². The molecule has 1 aliphatic rings. The molecule has 6 heteroatoms. The molecule has 0 spiro atoms. The Hall–Kier alpha value is -1.53. The van der Waals surface area contributed by atoms with E-state index in [9.17, 15) is 4.79 Å². The summed E-state index contributed by atoms with van der Waals surface area (Å²) >= 11 is 6.17. The molecular weight excluding hydrogens is 270 g/mol. The Morgan fingerprint density at radius 3 is 2.67 bits per heavy atom. The van der Waals surface area contributed by atoms with E-state index in [1.165, 1.54) is 11.8 Å². The molecule has 1 amide bonds. The zero-order valence-corrected chi connectivity index (χ0v) is 11.5. The van der Waals surface area contributed by atoms with E-state index in [0.29, 0.717) is 20.7 Å². The lowest BCUT2D eigenvalue weighted by Crippen LogP contribution is -2.17. The molecular formula is C12H11NO3S2. The molecule has 1 aromatic rings. The number of rotatable bonds is 3. The second-order valence-corrected chi connectivity index (χ2v) is 5.18. The third kappa shape index (κ3) is 2.65. The molecule has 4 nitrogen and oxygen atoms in total. The third-order valence-corrected chi connectivity index (χ3v) is 3.53. The zero-order chi connectivity index (χ0) is 13.1. The molecule has 18 heavy (non-hydrogen) atoms. The van der Waals surface area contributed by atoms with Gasteiger partial charge in [-0.15, -0.1) is 0 Å². The first-order chi connectivity index (χ1) is 8.63. The van der Waals surface area contributed by atoms with Crippen LogP contribution in [0, 0.1) is 0 Å². The summed E-state index contributed by atoms with van der Waals surface area (Å²) < 4.78 is 10.8. The first-order valence-electron chi connectivity index (χ1n) is 5.11. The van der Waals surface area contributed by atoms with Gasteiger partial charge in [0, 0.05) is 11.6 Å². The molecule has 1 aliphatic heterocycles. The van der Waals surface area contributed by atoms with Gasteiger partial charge in [-0.1, -0.05) is 24.0 Å². The lowest BCUT2D eigenvalue weighted by atomic mass is 10.1. The lowest BCUT2D eigenvalue weighted by Gasteiger charge is -2.07. The average molecular weight is 281 g/mol. The number of nitrogens with one attached hydrogen (secondary N) is 1. The van der Waals surface area contributed by atoms with Gasteiger partial charge in [-0.25, -0.2) is 0 Å². The van der Waals surface area contributed by atoms with Gasteiger partial charge in [-0.3, -0.25) is 4.79 Å². The molecule has 0 saturated carbocycles. The molecule has 94 valence electrons. The summed E-state index contributed by atoms with van der Waals surface area (Å²) in [4.78, 5) is 12.1. The zero-order valence-electron chi connectivity index (χ0n) is 9.85. The van der Waals surface area contributed by atoms with Crippen LogP contribution >= 0.6 is 24.0 Å².